The molecule has 1 aromatic heterocycles. The second kappa shape index (κ2) is 8.53. The van der Waals surface area contributed by atoms with Crippen LogP contribution in [-0.2, 0) is 20.7 Å². The molecule has 1 spiro atoms. The van der Waals surface area contributed by atoms with E-state index in [1.165, 1.54) is 0 Å². The quantitative estimate of drug-likeness (QED) is 0.772. The van der Waals surface area contributed by atoms with Crippen LogP contribution in [0.15, 0.2) is 12.5 Å². The van der Waals surface area contributed by atoms with E-state index in [1.807, 2.05) is 4.90 Å². The van der Waals surface area contributed by atoms with E-state index >= 15 is 0 Å². The number of aromatic nitrogens is 2. The van der Waals surface area contributed by atoms with Crippen LogP contribution >= 0.6 is 0 Å². The van der Waals surface area contributed by atoms with E-state index in [0.717, 1.165) is 37.9 Å². The Bertz CT molecular complexity index is 606. The highest BCUT2D eigenvalue weighted by atomic mass is 16.6. The van der Waals surface area contributed by atoms with E-state index < -0.39 is 0 Å². The predicted molar refractivity (Wildman–Crippen MR) is 94.6 cm³/mol. The predicted octanol–water partition coefficient (Wildman–Crippen LogP) is 1.44. The standard InChI is InChI=1S/C18H28N4O4/c1-25-9-10-26-17(24)22-7-2-5-18(13-22)6-3-16(23)21(12-18)8-4-15-11-19-14-20-15/h11,14H,2-10,12-13H2,1H3,(H,19,20)/t18-/m0/s1. The molecular formula is C18H28N4O4. The number of ether oxygens (including phenoxy) is 2. The van der Waals surface area contributed by atoms with Crippen molar-refractivity contribution in [3.8, 4) is 0 Å². The highest BCUT2D eigenvalue weighted by Gasteiger charge is 2.42. The number of H-pyrrole nitrogens is 1. The zero-order valence-electron chi connectivity index (χ0n) is 15.4. The van der Waals surface area contributed by atoms with Gasteiger partial charge in [-0.1, -0.05) is 0 Å². The molecule has 26 heavy (non-hydrogen) atoms. The molecule has 8 nitrogen and oxygen atoms in total. The summed E-state index contributed by atoms with van der Waals surface area (Å²) in [4.78, 5) is 35.5. The van der Waals surface area contributed by atoms with Crippen LogP contribution in [0.25, 0.3) is 0 Å². The molecule has 0 aromatic carbocycles. The molecule has 0 saturated carbocycles. The molecule has 2 saturated heterocycles. The smallest absolute Gasteiger partial charge is 0.409 e. The van der Waals surface area contributed by atoms with Crippen LogP contribution in [0.5, 0.6) is 0 Å². The minimum Gasteiger partial charge on any atom is -0.447 e. The summed E-state index contributed by atoms with van der Waals surface area (Å²) in [5.74, 6) is 0.204. The summed E-state index contributed by atoms with van der Waals surface area (Å²) in [5, 5.41) is 0. The van der Waals surface area contributed by atoms with Gasteiger partial charge in [-0.2, -0.15) is 0 Å². The van der Waals surface area contributed by atoms with Crippen molar-refractivity contribution >= 4 is 12.0 Å². The molecule has 3 heterocycles. The number of hydrogen-bond donors (Lipinski definition) is 1. The highest BCUT2D eigenvalue weighted by Crippen LogP contribution is 2.39. The molecule has 2 aliphatic rings. The van der Waals surface area contributed by atoms with Crippen molar-refractivity contribution in [1.82, 2.24) is 19.8 Å². The highest BCUT2D eigenvalue weighted by molar-refractivity contribution is 5.77. The van der Waals surface area contributed by atoms with E-state index in [0.29, 0.717) is 32.7 Å². The van der Waals surface area contributed by atoms with Crippen molar-refractivity contribution in [3.63, 3.8) is 0 Å². The van der Waals surface area contributed by atoms with Gasteiger partial charge in [-0.25, -0.2) is 9.78 Å². The molecule has 2 amide bonds. The van der Waals surface area contributed by atoms with Crippen LogP contribution in [-0.4, -0.2) is 78.3 Å². The number of nitrogens with one attached hydrogen (secondary N) is 1. The number of nitrogens with zero attached hydrogens (tertiary/aromatic N) is 3. The summed E-state index contributed by atoms with van der Waals surface area (Å²) >= 11 is 0. The number of rotatable bonds is 6. The maximum Gasteiger partial charge on any atom is 0.409 e. The SMILES string of the molecule is COCCOC(=O)N1CCC[C@@]2(CCC(=O)N(CCc3cnc[nH]3)C2)C1. The summed E-state index contributed by atoms with van der Waals surface area (Å²) in [7, 11) is 1.58. The minimum atomic E-state index is -0.276. The topological polar surface area (TPSA) is 87.8 Å². The first-order chi connectivity index (χ1) is 12.6. The molecule has 0 unspecified atom stereocenters. The number of carbonyl (C=O) groups excluding carboxylic acids is 2. The fraction of sp³-hybridized carbons (Fsp3) is 0.722. The van der Waals surface area contributed by atoms with E-state index in [2.05, 4.69) is 9.97 Å². The number of piperidine rings is 2. The maximum atomic E-state index is 12.4. The summed E-state index contributed by atoms with van der Waals surface area (Å²) in [6, 6.07) is 0. The molecule has 0 radical (unpaired) electrons. The van der Waals surface area contributed by atoms with Crippen molar-refractivity contribution in [2.24, 2.45) is 5.41 Å². The van der Waals surface area contributed by atoms with E-state index in [1.54, 1.807) is 24.5 Å². The lowest BCUT2D eigenvalue weighted by Gasteiger charge is -2.47. The number of hydrogen-bond acceptors (Lipinski definition) is 5. The molecule has 8 heteroatoms. The molecule has 3 rings (SSSR count). The van der Waals surface area contributed by atoms with Crippen LogP contribution in [0.3, 0.4) is 0 Å². The summed E-state index contributed by atoms with van der Waals surface area (Å²) < 4.78 is 10.2. The third-order valence-electron chi connectivity index (χ3n) is 5.39. The van der Waals surface area contributed by atoms with Gasteiger partial charge in [0.25, 0.3) is 0 Å². The number of carbonyl (C=O) groups is 2. The van der Waals surface area contributed by atoms with Crippen LogP contribution in [0.1, 0.15) is 31.4 Å². The largest absolute Gasteiger partial charge is 0.447 e. The molecular weight excluding hydrogens is 336 g/mol. The zero-order valence-corrected chi connectivity index (χ0v) is 15.4. The van der Waals surface area contributed by atoms with Gasteiger partial charge in [-0.05, 0) is 19.3 Å². The normalized spacial score (nSPS) is 23.5. The van der Waals surface area contributed by atoms with Crippen LogP contribution in [0, 0.1) is 5.41 Å². The number of likely N-dealkylation sites (tertiary alicyclic amines) is 2. The van der Waals surface area contributed by atoms with Gasteiger partial charge in [0.1, 0.15) is 6.61 Å². The van der Waals surface area contributed by atoms with Crippen molar-refractivity contribution in [1.29, 1.82) is 0 Å². The van der Waals surface area contributed by atoms with Gasteiger partial charge in [0.15, 0.2) is 0 Å². The Morgan fingerprint density at radius 1 is 1.35 bits per heavy atom. The Labute approximate surface area is 153 Å². The van der Waals surface area contributed by atoms with Crippen molar-refractivity contribution in [2.75, 3.05) is 46.5 Å². The summed E-state index contributed by atoms with van der Waals surface area (Å²) in [6.07, 6.45) is 7.33. The van der Waals surface area contributed by atoms with Gasteiger partial charge in [-0.3, -0.25) is 4.79 Å². The van der Waals surface area contributed by atoms with Crippen LogP contribution in [0.2, 0.25) is 0 Å². The minimum absolute atomic E-state index is 0.0135. The maximum absolute atomic E-state index is 12.4. The number of imidazole rings is 1. The third kappa shape index (κ3) is 4.55. The van der Waals surface area contributed by atoms with Crippen molar-refractivity contribution < 1.29 is 19.1 Å². The van der Waals surface area contributed by atoms with Gasteiger partial charge in [0, 0.05) is 63.4 Å². The number of aromatic amines is 1. The zero-order chi connectivity index (χ0) is 18.4. The van der Waals surface area contributed by atoms with Crippen molar-refractivity contribution in [2.45, 2.75) is 32.1 Å². The molecule has 0 aliphatic carbocycles. The molecule has 1 aromatic rings. The molecule has 144 valence electrons. The molecule has 0 bridgehead atoms. The Kier molecular flexibility index (Phi) is 6.13. The Morgan fingerprint density at radius 3 is 3.00 bits per heavy atom. The molecule has 1 atom stereocenters. The first kappa shape index (κ1) is 18.7. The fourth-order valence-corrected chi connectivity index (χ4v) is 3.98. The molecule has 2 aliphatic heterocycles. The molecule has 2 fully saturated rings. The summed E-state index contributed by atoms with van der Waals surface area (Å²) in [5.41, 5.74) is 1.02. The Hall–Kier alpha value is -2.09. The van der Waals surface area contributed by atoms with E-state index in [4.69, 9.17) is 9.47 Å². The lowest BCUT2D eigenvalue weighted by Crippen LogP contribution is -2.55. The second-order valence-electron chi connectivity index (χ2n) is 7.27. The third-order valence-corrected chi connectivity index (χ3v) is 5.39. The second-order valence-corrected chi connectivity index (χ2v) is 7.27. The van der Waals surface area contributed by atoms with Gasteiger partial charge in [-0.15, -0.1) is 0 Å². The summed E-state index contributed by atoms with van der Waals surface area (Å²) in [6.45, 7) is 3.44. The first-order valence-electron chi connectivity index (χ1n) is 9.28. The van der Waals surface area contributed by atoms with Gasteiger partial charge in [0.2, 0.25) is 5.91 Å². The van der Waals surface area contributed by atoms with Crippen LogP contribution in [0.4, 0.5) is 4.79 Å². The average molecular weight is 364 g/mol. The Balaban J connectivity index is 1.57. The van der Waals surface area contributed by atoms with Crippen LogP contribution < -0.4 is 0 Å². The van der Waals surface area contributed by atoms with Gasteiger partial charge < -0.3 is 24.3 Å². The monoisotopic (exact) mass is 364 g/mol. The average Bonchev–Trinajstić information content (AvgIpc) is 3.16. The first-order valence-corrected chi connectivity index (χ1v) is 9.28. The lowest BCUT2D eigenvalue weighted by molar-refractivity contribution is -0.139. The fourth-order valence-electron chi connectivity index (χ4n) is 3.98. The van der Waals surface area contributed by atoms with Crippen molar-refractivity contribution in [3.05, 3.63) is 18.2 Å². The van der Waals surface area contributed by atoms with E-state index in [-0.39, 0.29) is 24.0 Å². The van der Waals surface area contributed by atoms with Gasteiger partial charge in [0.05, 0.1) is 12.9 Å². The number of amides is 2. The van der Waals surface area contributed by atoms with Gasteiger partial charge >= 0.3 is 6.09 Å². The molecule has 1 N–H and O–H groups in total. The number of methoxy groups -OCH3 is 1. The lowest BCUT2D eigenvalue weighted by atomic mass is 9.73. The Morgan fingerprint density at radius 2 is 2.23 bits per heavy atom. The van der Waals surface area contributed by atoms with E-state index in [9.17, 15) is 9.59 Å².